The number of aryl methyl sites for hydroxylation is 2. The van der Waals surface area contributed by atoms with Crippen LogP contribution in [-0.4, -0.2) is 41.4 Å². The van der Waals surface area contributed by atoms with Crippen molar-refractivity contribution >= 4 is 23.2 Å². The minimum atomic E-state index is -0.221. The Morgan fingerprint density at radius 1 is 1.52 bits per heavy atom. The van der Waals surface area contributed by atoms with Crippen LogP contribution in [0.3, 0.4) is 0 Å². The molecule has 0 fully saturated rings. The molecule has 21 heavy (non-hydrogen) atoms. The fraction of sp³-hybridized carbons (Fsp3) is 0.429. The number of amides is 2. The lowest BCUT2D eigenvalue weighted by molar-refractivity contribution is 0.243. The summed E-state index contributed by atoms with van der Waals surface area (Å²) in [7, 11) is 5.82. The molecule has 2 heterocycles. The molecule has 7 heteroatoms. The molecule has 2 N–H and O–H groups in total. The predicted molar refractivity (Wildman–Crippen MR) is 85.7 cm³/mol. The molecule has 114 valence electrons. The van der Waals surface area contributed by atoms with Crippen molar-refractivity contribution in [3.05, 3.63) is 34.2 Å². The Labute approximate surface area is 128 Å². The van der Waals surface area contributed by atoms with Gasteiger partial charge < -0.3 is 10.2 Å². The molecule has 0 spiro atoms. The largest absolute Gasteiger partial charge is 0.336 e. The van der Waals surface area contributed by atoms with Gasteiger partial charge in [0.2, 0.25) is 0 Å². The number of anilines is 1. The van der Waals surface area contributed by atoms with Gasteiger partial charge in [-0.3, -0.25) is 10.00 Å². The summed E-state index contributed by atoms with van der Waals surface area (Å²) < 4.78 is 1.65. The van der Waals surface area contributed by atoms with Crippen molar-refractivity contribution in [3.8, 4) is 0 Å². The summed E-state index contributed by atoms with van der Waals surface area (Å²) in [5.74, 6) is 0.683. The molecule has 0 saturated heterocycles. The van der Waals surface area contributed by atoms with Gasteiger partial charge in [-0.2, -0.15) is 5.10 Å². The standard InChI is InChI=1S/C14H21N5OS/c1-10-8-13(19(4)17-10)16-14(20)15-9-11(18(2)3)12-6-5-7-21-12/h5-8,11H,9H2,1-4H3,(H2,15,16,20)/t11-/m1/s1. The second-order valence-electron chi connectivity index (χ2n) is 5.12. The van der Waals surface area contributed by atoms with Crippen LogP contribution in [0.15, 0.2) is 23.6 Å². The maximum atomic E-state index is 12.0. The number of hydrogen-bond donors (Lipinski definition) is 2. The number of nitrogens with zero attached hydrogens (tertiary/aromatic N) is 3. The van der Waals surface area contributed by atoms with Crippen LogP contribution in [0, 0.1) is 6.92 Å². The van der Waals surface area contributed by atoms with Gasteiger partial charge in [0.1, 0.15) is 5.82 Å². The van der Waals surface area contributed by atoms with Crippen molar-refractivity contribution in [2.75, 3.05) is 26.0 Å². The fourth-order valence-electron chi connectivity index (χ4n) is 2.10. The van der Waals surface area contributed by atoms with Gasteiger partial charge in [-0.25, -0.2) is 4.79 Å². The van der Waals surface area contributed by atoms with E-state index in [9.17, 15) is 4.79 Å². The van der Waals surface area contributed by atoms with Crippen molar-refractivity contribution in [3.63, 3.8) is 0 Å². The minimum absolute atomic E-state index is 0.170. The van der Waals surface area contributed by atoms with E-state index in [4.69, 9.17) is 0 Å². The molecule has 2 amide bonds. The van der Waals surface area contributed by atoms with Crippen molar-refractivity contribution in [2.24, 2.45) is 7.05 Å². The van der Waals surface area contributed by atoms with E-state index in [0.717, 1.165) is 5.69 Å². The Bertz CT molecular complexity index is 591. The van der Waals surface area contributed by atoms with E-state index < -0.39 is 0 Å². The van der Waals surface area contributed by atoms with Crippen LogP contribution in [-0.2, 0) is 7.05 Å². The van der Waals surface area contributed by atoms with Gasteiger partial charge >= 0.3 is 6.03 Å². The third-order valence-electron chi connectivity index (χ3n) is 3.19. The van der Waals surface area contributed by atoms with E-state index in [1.165, 1.54) is 4.88 Å². The van der Waals surface area contributed by atoms with E-state index in [1.807, 2.05) is 38.5 Å². The minimum Gasteiger partial charge on any atom is -0.336 e. The lowest BCUT2D eigenvalue weighted by atomic mass is 10.2. The highest BCUT2D eigenvalue weighted by Gasteiger charge is 2.16. The van der Waals surface area contributed by atoms with E-state index in [0.29, 0.717) is 12.4 Å². The van der Waals surface area contributed by atoms with E-state index in [1.54, 1.807) is 23.1 Å². The first-order chi connectivity index (χ1) is 9.97. The van der Waals surface area contributed by atoms with Crippen LogP contribution >= 0.6 is 11.3 Å². The van der Waals surface area contributed by atoms with E-state index in [-0.39, 0.29) is 12.1 Å². The Morgan fingerprint density at radius 2 is 2.29 bits per heavy atom. The van der Waals surface area contributed by atoms with Gasteiger partial charge in [-0.1, -0.05) is 6.07 Å². The topological polar surface area (TPSA) is 62.2 Å². The molecular weight excluding hydrogens is 286 g/mol. The zero-order valence-corrected chi connectivity index (χ0v) is 13.6. The number of rotatable bonds is 5. The third-order valence-corrected chi connectivity index (χ3v) is 4.17. The Morgan fingerprint density at radius 3 is 2.81 bits per heavy atom. The van der Waals surface area contributed by atoms with Gasteiger partial charge in [-0.15, -0.1) is 11.3 Å². The molecule has 0 saturated carbocycles. The molecule has 0 aliphatic heterocycles. The van der Waals surface area contributed by atoms with Crippen LogP contribution < -0.4 is 10.6 Å². The van der Waals surface area contributed by atoms with Crippen LogP contribution in [0.5, 0.6) is 0 Å². The highest BCUT2D eigenvalue weighted by atomic mass is 32.1. The van der Waals surface area contributed by atoms with E-state index >= 15 is 0 Å². The van der Waals surface area contributed by atoms with E-state index in [2.05, 4.69) is 26.7 Å². The predicted octanol–water partition coefficient (Wildman–Crippen LogP) is 2.21. The van der Waals surface area contributed by atoms with Crippen molar-refractivity contribution in [1.82, 2.24) is 20.0 Å². The first-order valence-electron chi connectivity index (χ1n) is 6.72. The molecule has 0 aliphatic carbocycles. The Hall–Kier alpha value is -1.86. The van der Waals surface area contributed by atoms with Crippen LogP contribution in [0.1, 0.15) is 16.6 Å². The summed E-state index contributed by atoms with van der Waals surface area (Å²) in [6, 6.07) is 5.89. The van der Waals surface area contributed by atoms with Crippen LogP contribution in [0.25, 0.3) is 0 Å². The summed E-state index contributed by atoms with van der Waals surface area (Å²) in [5, 5.41) is 12.0. The monoisotopic (exact) mass is 307 g/mol. The molecule has 0 radical (unpaired) electrons. The molecule has 2 aromatic heterocycles. The van der Waals surface area contributed by atoms with Gasteiger partial charge in [0.05, 0.1) is 11.7 Å². The Kier molecular flexibility index (Phi) is 4.98. The highest BCUT2D eigenvalue weighted by Crippen LogP contribution is 2.22. The maximum absolute atomic E-state index is 12.0. The van der Waals surface area contributed by atoms with Gasteiger partial charge in [-0.05, 0) is 32.5 Å². The SMILES string of the molecule is Cc1cc(NC(=O)NC[C@H](c2cccs2)N(C)C)n(C)n1. The summed E-state index contributed by atoms with van der Waals surface area (Å²) >= 11 is 1.69. The van der Waals surface area contributed by atoms with Crippen molar-refractivity contribution < 1.29 is 4.79 Å². The zero-order valence-electron chi connectivity index (χ0n) is 12.8. The number of carbonyl (C=O) groups excluding carboxylic acids is 1. The average Bonchev–Trinajstić information content (AvgIpc) is 3.00. The number of aromatic nitrogens is 2. The number of nitrogens with one attached hydrogen (secondary N) is 2. The number of carbonyl (C=O) groups is 1. The number of thiophene rings is 1. The fourth-order valence-corrected chi connectivity index (χ4v) is 3.02. The highest BCUT2D eigenvalue weighted by molar-refractivity contribution is 7.10. The maximum Gasteiger partial charge on any atom is 0.320 e. The second kappa shape index (κ2) is 6.73. The van der Waals surface area contributed by atoms with Gasteiger partial charge in [0.15, 0.2) is 0 Å². The van der Waals surface area contributed by atoms with Crippen LogP contribution in [0.4, 0.5) is 10.6 Å². The number of likely N-dealkylation sites (N-methyl/N-ethyl adjacent to an activating group) is 1. The summed E-state index contributed by atoms with van der Waals surface area (Å²) in [6.07, 6.45) is 0. The normalized spacial score (nSPS) is 12.4. The lowest BCUT2D eigenvalue weighted by Crippen LogP contribution is -2.36. The number of hydrogen-bond acceptors (Lipinski definition) is 4. The van der Waals surface area contributed by atoms with Crippen LogP contribution in [0.2, 0.25) is 0 Å². The zero-order chi connectivity index (χ0) is 15.4. The smallest absolute Gasteiger partial charge is 0.320 e. The van der Waals surface area contributed by atoms with Crippen molar-refractivity contribution in [1.29, 1.82) is 0 Å². The first-order valence-corrected chi connectivity index (χ1v) is 7.60. The molecule has 0 aliphatic rings. The molecule has 6 nitrogen and oxygen atoms in total. The molecule has 0 bridgehead atoms. The lowest BCUT2D eigenvalue weighted by Gasteiger charge is -2.23. The quantitative estimate of drug-likeness (QED) is 0.890. The summed E-state index contributed by atoms with van der Waals surface area (Å²) in [5.41, 5.74) is 0.873. The molecule has 1 atom stereocenters. The first kappa shape index (κ1) is 15.5. The molecular formula is C14H21N5OS. The summed E-state index contributed by atoms with van der Waals surface area (Å²) in [6.45, 7) is 2.44. The number of urea groups is 1. The second-order valence-corrected chi connectivity index (χ2v) is 6.10. The average molecular weight is 307 g/mol. The molecule has 0 aromatic carbocycles. The third kappa shape index (κ3) is 4.05. The van der Waals surface area contributed by atoms with Crippen molar-refractivity contribution in [2.45, 2.75) is 13.0 Å². The Balaban J connectivity index is 1.92. The summed E-state index contributed by atoms with van der Waals surface area (Å²) in [4.78, 5) is 15.3. The molecule has 2 aromatic rings. The van der Waals surface area contributed by atoms with Gasteiger partial charge in [0.25, 0.3) is 0 Å². The van der Waals surface area contributed by atoms with Gasteiger partial charge in [0, 0.05) is 24.5 Å². The molecule has 2 rings (SSSR count). The molecule has 0 unspecified atom stereocenters.